The Labute approximate surface area is 114 Å². The van der Waals surface area contributed by atoms with Gasteiger partial charge in [0.1, 0.15) is 5.69 Å². The van der Waals surface area contributed by atoms with Gasteiger partial charge in [-0.2, -0.15) is 5.10 Å². The molecule has 1 aromatic rings. The van der Waals surface area contributed by atoms with Crippen molar-refractivity contribution in [1.29, 1.82) is 0 Å². The van der Waals surface area contributed by atoms with Crippen LogP contribution in [0, 0.1) is 0 Å². The number of carbonyl (C=O) groups is 1. The van der Waals surface area contributed by atoms with Gasteiger partial charge in [-0.1, -0.05) is 6.92 Å². The lowest BCUT2D eigenvalue weighted by Gasteiger charge is -2.33. The molecule has 2 rings (SSSR count). The van der Waals surface area contributed by atoms with Crippen LogP contribution in [0.3, 0.4) is 0 Å². The van der Waals surface area contributed by atoms with Gasteiger partial charge in [0.15, 0.2) is 0 Å². The van der Waals surface area contributed by atoms with Crippen molar-refractivity contribution in [2.45, 2.75) is 51.1 Å². The average Bonchev–Trinajstić information content (AvgIpc) is 2.79. The minimum Gasteiger partial charge on any atom is -0.337 e. The van der Waals surface area contributed by atoms with E-state index in [9.17, 15) is 4.79 Å². The van der Waals surface area contributed by atoms with Crippen LogP contribution in [0.15, 0.2) is 6.07 Å². The number of hydrogen-bond acceptors (Lipinski definition) is 3. The second kappa shape index (κ2) is 5.74. The van der Waals surface area contributed by atoms with Gasteiger partial charge >= 0.3 is 0 Å². The van der Waals surface area contributed by atoms with E-state index in [1.165, 1.54) is 0 Å². The van der Waals surface area contributed by atoms with Gasteiger partial charge in [-0.05, 0) is 38.2 Å². The molecule has 1 heterocycles. The number of hydrogen-bond donors (Lipinski definition) is 1. The Kier molecular flexibility index (Phi) is 4.24. The maximum absolute atomic E-state index is 12.5. The number of nitrogens with zero attached hydrogens (tertiary/aromatic N) is 3. The summed E-state index contributed by atoms with van der Waals surface area (Å²) in [5, 5.41) is 4.34. The van der Waals surface area contributed by atoms with Gasteiger partial charge in [-0.3, -0.25) is 9.48 Å². The molecule has 2 N–H and O–H groups in total. The zero-order valence-corrected chi connectivity index (χ0v) is 12.1. The molecule has 0 radical (unpaired) electrons. The number of carbonyl (C=O) groups excluding carboxylic acids is 1. The summed E-state index contributed by atoms with van der Waals surface area (Å²) in [6.45, 7) is 2.04. The van der Waals surface area contributed by atoms with Crippen LogP contribution in [-0.4, -0.2) is 39.7 Å². The minimum absolute atomic E-state index is 0.0650. The van der Waals surface area contributed by atoms with Crippen molar-refractivity contribution in [3.63, 3.8) is 0 Å². The molecule has 0 aromatic carbocycles. The van der Waals surface area contributed by atoms with E-state index in [4.69, 9.17) is 5.73 Å². The van der Waals surface area contributed by atoms with Crippen LogP contribution >= 0.6 is 0 Å². The first-order valence-electron chi connectivity index (χ1n) is 7.08. The zero-order chi connectivity index (χ0) is 14.0. The Bertz CT molecular complexity index is 446. The third kappa shape index (κ3) is 2.97. The molecule has 1 aliphatic carbocycles. The first-order chi connectivity index (χ1) is 9.02. The van der Waals surface area contributed by atoms with Crippen LogP contribution < -0.4 is 5.73 Å². The summed E-state index contributed by atoms with van der Waals surface area (Å²) in [4.78, 5) is 14.4. The molecular formula is C14H24N4O. The highest BCUT2D eigenvalue weighted by Gasteiger charge is 2.27. The second-order valence-corrected chi connectivity index (χ2v) is 5.48. The van der Waals surface area contributed by atoms with Gasteiger partial charge in [0.25, 0.3) is 5.91 Å². The minimum atomic E-state index is 0.0650. The third-order valence-corrected chi connectivity index (χ3v) is 4.12. The van der Waals surface area contributed by atoms with Crippen molar-refractivity contribution >= 4 is 5.91 Å². The van der Waals surface area contributed by atoms with E-state index in [2.05, 4.69) is 5.10 Å². The molecular weight excluding hydrogens is 240 g/mol. The van der Waals surface area contributed by atoms with E-state index in [0.717, 1.165) is 37.8 Å². The number of amides is 1. The van der Waals surface area contributed by atoms with Crippen LogP contribution in [0.4, 0.5) is 0 Å². The number of nitrogens with two attached hydrogens (primary N) is 1. The van der Waals surface area contributed by atoms with Gasteiger partial charge in [0.05, 0.1) is 5.69 Å². The summed E-state index contributed by atoms with van der Waals surface area (Å²) < 4.78 is 1.69. The van der Waals surface area contributed by atoms with E-state index in [1.54, 1.807) is 4.68 Å². The van der Waals surface area contributed by atoms with Crippen molar-refractivity contribution in [1.82, 2.24) is 14.7 Å². The lowest BCUT2D eigenvalue weighted by molar-refractivity contribution is 0.0679. The zero-order valence-electron chi connectivity index (χ0n) is 12.1. The molecule has 1 aliphatic rings. The lowest BCUT2D eigenvalue weighted by Crippen LogP contribution is -2.42. The average molecular weight is 264 g/mol. The highest BCUT2D eigenvalue weighted by atomic mass is 16.2. The van der Waals surface area contributed by atoms with Crippen molar-refractivity contribution in [3.05, 3.63) is 17.5 Å². The third-order valence-electron chi connectivity index (χ3n) is 4.12. The Morgan fingerprint density at radius 3 is 2.63 bits per heavy atom. The van der Waals surface area contributed by atoms with Gasteiger partial charge in [0, 0.05) is 26.2 Å². The smallest absolute Gasteiger partial charge is 0.272 e. The summed E-state index contributed by atoms with van der Waals surface area (Å²) in [6.07, 6.45) is 4.87. The molecule has 0 saturated heterocycles. The quantitative estimate of drug-likeness (QED) is 0.895. The standard InChI is InChI=1S/C14H24N4O/c1-4-11-9-13(18(3)16-11)14(19)17(2)12-7-5-10(15)6-8-12/h9-10,12H,4-8,15H2,1-3H3. The topological polar surface area (TPSA) is 64.2 Å². The van der Waals surface area contributed by atoms with E-state index in [-0.39, 0.29) is 5.91 Å². The fourth-order valence-electron chi connectivity index (χ4n) is 2.73. The summed E-state index contributed by atoms with van der Waals surface area (Å²) >= 11 is 0. The van der Waals surface area contributed by atoms with Crippen LogP contribution in [0.2, 0.25) is 0 Å². The Hall–Kier alpha value is -1.36. The van der Waals surface area contributed by atoms with Gasteiger partial charge in [-0.15, -0.1) is 0 Å². The normalized spacial score (nSPS) is 23.4. The van der Waals surface area contributed by atoms with Crippen molar-refractivity contribution in [2.75, 3.05) is 7.05 Å². The predicted octanol–water partition coefficient (Wildman–Crippen LogP) is 1.32. The molecule has 106 valence electrons. The summed E-state index contributed by atoms with van der Waals surface area (Å²) in [5.41, 5.74) is 7.55. The Balaban J connectivity index is 2.07. The summed E-state index contributed by atoms with van der Waals surface area (Å²) in [6, 6.07) is 2.52. The van der Waals surface area contributed by atoms with Gasteiger partial charge in [0.2, 0.25) is 0 Å². The highest BCUT2D eigenvalue weighted by Crippen LogP contribution is 2.22. The Morgan fingerprint density at radius 1 is 1.47 bits per heavy atom. The maximum atomic E-state index is 12.5. The molecule has 1 amide bonds. The molecule has 5 heteroatoms. The molecule has 0 bridgehead atoms. The van der Waals surface area contributed by atoms with E-state index in [1.807, 2.05) is 32.0 Å². The number of aryl methyl sites for hydroxylation is 2. The summed E-state index contributed by atoms with van der Waals surface area (Å²) in [7, 11) is 3.72. The summed E-state index contributed by atoms with van der Waals surface area (Å²) in [5.74, 6) is 0.0650. The molecule has 0 unspecified atom stereocenters. The molecule has 19 heavy (non-hydrogen) atoms. The van der Waals surface area contributed by atoms with Gasteiger partial charge in [-0.25, -0.2) is 0 Å². The molecule has 0 spiro atoms. The van der Waals surface area contributed by atoms with E-state index >= 15 is 0 Å². The van der Waals surface area contributed by atoms with E-state index < -0.39 is 0 Å². The molecule has 1 aromatic heterocycles. The number of aromatic nitrogens is 2. The van der Waals surface area contributed by atoms with Crippen molar-refractivity contribution in [2.24, 2.45) is 12.8 Å². The first kappa shape index (κ1) is 14.1. The highest BCUT2D eigenvalue weighted by molar-refractivity contribution is 5.92. The lowest BCUT2D eigenvalue weighted by atomic mass is 9.91. The van der Waals surface area contributed by atoms with E-state index in [0.29, 0.717) is 17.8 Å². The molecule has 0 aliphatic heterocycles. The second-order valence-electron chi connectivity index (χ2n) is 5.48. The monoisotopic (exact) mass is 264 g/mol. The largest absolute Gasteiger partial charge is 0.337 e. The fraction of sp³-hybridized carbons (Fsp3) is 0.714. The van der Waals surface area contributed by atoms with Crippen LogP contribution in [-0.2, 0) is 13.5 Å². The van der Waals surface area contributed by atoms with Crippen LogP contribution in [0.1, 0.15) is 48.8 Å². The molecule has 1 fully saturated rings. The predicted molar refractivity (Wildman–Crippen MR) is 74.9 cm³/mol. The molecule has 0 atom stereocenters. The van der Waals surface area contributed by atoms with Gasteiger partial charge < -0.3 is 10.6 Å². The van der Waals surface area contributed by atoms with Crippen LogP contribution in [0.25, 0.3) is 0 Å². The Morgan fingerprint density at radius 2 is 2.11 bits per heavy atom. The fourth-order valence-corrected chi connectivity index (χ4v) is 2.73. The number of rotatable bonds is 3. The van der Waals surface area contributed by atoms with Crippen molar-refractivity contribution < 1.29 is 4.79 Å². The molecule has 1 saturated carbocycles. The first-order valence-corrected chi connectivity index (χ1v) is 7.08. The van der Waals surface area contributed by atoms with Crippen LogP contribution in [0.5, 0.6) is 0 Å². The molecule has 5 nitrogen and oxygen atoms in total. The maximum Gasteiger partial charge on any atom is 0.272 e. The van der Waals surface area contributed by atoms with Crippen molar-refractivity contribution in [3.8, 4) is 0 Å². The SMILES string of the molecule is CCc1cc(C(=O)N(C)C2CCC(N)CC2)n(C)n1.